The summed E-state index contributed by atoms with van der Waals surface area (Å²) in [5.41, 5.74) is 3.85. The van der Waals surface area contributed by atoms with Crippen LogP contribution in [0.4, 0.5) is 0 Å². The van der Waals surface area contributed by atoms with E-state index in [0.29, 0.717) is 17.6 Å². The molecule has 2 saturated heterocycles. The van der Waals surface area contributed by atoms with Gasteiger partial charge in [0.05, 0.1) is 0 Å². The molecule has 2 bridgehead atoms. The predicted molar refractivity (Wildman–Crippen MR) is 130 cm³/mol. The van der Waals surface area contributed by atoms with Crippen LogP contribution in [-0.2, 0) is 6.54 Å². The fraction of sp³-hybridized carbons (Fsp3) is 0.444. The maximum atomic E-state index is 12.7. The summed E-state index contributed by atoms with van der Waals surface area (Å²) in [6, 6.07) is 14.5. The van der Waals surface area contributed by atoms with Crippen LogP contribution < -0.4 is 0 Å². The van der Waals surface area contributed by atoms with Gasteiger partial charge >= 0.3 is 0 Å². The van der Waals surface area contributed by atoms with E-state index in [1.165, 1.54) is 31.2 Å². The normalized spacial score (nSPS) is 21.7. The van der Waals surface area contributed by atoms with E-state index in [0.717, 1.165) is 37.3 Å². The minimum atomic E-state index is -0.00957. The Balaban J connectivity index is 1.69. The Hall–Kier alpha value is -2.63. The number of hydrogen-bond acceptors (Lipinski definition) is 4. The molecule has 5 heteroatoms. The van der Waals surface area contributed by atoms with Crippen molar-refractivity contribution in [1.29, 1.82) is 0 Å². The molecule has 32 heavy (non-hydrogen) atoms. The zero-order valence-corrected chi connectivity index (χ0v) is 19.3. The molecule has 2 aliphatic heterocycles. The molecule has 4 rings (SSSR count). The van der Waals surface area contributed by atoms with E-state index in [4.69, 9.17) is 0 Å². The molecule has 0 saturated carbocycles. The third-order valence-electron chi connectivity index (χ3n) is 6.92. The topological polar surface area (TPSA) is 47.0 Å². The first kappa shape index (κ1) is 22.6. The van der Waals surface area contributed by atoms with Gasteiger partial charge in [0.15, 0.2) is 0 Å². The maximum Gasteiger partial charge on any atom is 0.253 e. The molecule has 0 spiro atoms. The monoisotopic (exact) mass is 433 g/mol. The molecule has 2 atom stereocenters. The van der Waals surface area contributed by atoms with Crippen LogP contribution in [0.2, 0.25) is 0 Å². The summed E-state index contributed by atoms with van der Waals surface area (Å²) in [5.74, 6) is 0.231. The molecule has 2 fully saturated rings. The number of benzene rings is 2. The smallest absolute Gasteiger partial charge is 0.253 e. The van der Waals surface area contributed by atoms with E-state index in [1.54, 1.807) is 31.1 Å². The fourth-order valence-electron chi connectivity index (χ4n) is 5.30. The fourth-order valence-corrected chi connectivity index (χ4v) is 5.30. The Labute approximate surface area is 191 Å². The van der Waals surface area contributed by atoms with Crippen LogP contribution in [0.15, 0.2) is 55.1 Å². The molecule has 170 valence electrons. The Morgan fingerprint density at radius 2 is 1.97 bits per heavy atom. The number of rotatable bonds is 6. The van der Waals surface area contributed by atoms with Crippen molar-refractivity contribution in [2.24, 2.45) is 0 Å². The number of piperidine rings is 1. The summed E-state index contributed by atoms with van der Waals surface area (Å²) in [7, 11) is 3.55. The highest BCUT2D eigenvalue weighted by Gasteiger charge is 2.34. The molecule has 0 aromatic heterocycles. The van der Waals surface area contributed by atoms with E-state index in [2.05, 4.69) is 22.4 Å². The van der Waals surface area contributed by atoms with Crippen molar-refractivity contribution in [3.8, 4) is 16.9 Å². The summed E-state index contributed by atoms with van der Waals surface area (Å²) in [6.07, 6.45) is 6.96. The molecule has 0 aliphatic carbocycles. The summed E-state index contributed by atoms with van der Waals surface area (Å²) in [4.78, 5) is 19.5. The van der Waals surface area contributed by atoms with E-state index in [9.17, 15) is 9.90 Å². The number of phenols is 1. The van der Waals surface area contributed by atoms with Gasteiger partial charge in [-0.2, -0.15) is 0 Å². The Kier molecular flexibility index (Phi) is 6.97. The minimum absolute atomic E-state index is 0.00957. The van der Waals surface area contributed by atoms with Gasteiger partial charge in [0, 0.05) is 57.9 Å². The van der Waals surface area contributed by atoms with Gasteiger partial charge in [-0.3, -0.25) is 14.6 Å². The zero-order valence-electron chi connectivity index (χ0n) is 19.3. The number of aromatic hydroxyl groups is 1. The average molecular weight is 434 g/mol. The molecule has 2 aliphatic rings. The highest BCUT2D eigenvalue weighted by Crippen LogP contribution is 2.34. The molecule has 0 radical (unpaired) electrons. The van der Waals surface area contributed by atoms with Crippen LogP contribution >= 0.6 is 0 Å². The number of carbonyl (C=O) groups excluding carboxylic acids is 1. The van der Waals surface area contributed by atoms with Crippen molar-refractivity contribution in [2.75, 3.05) is 33.7 Å². The lowest BCUT2D eigenvalue weighted by molar-refractivity contribution is 0.0786. The molecule has 2 aromatic rings. The van der Waals surface area contributed by atoms with Gasteiger partial charge in [0.1, 0.15) is 5.75 Å². The lowest BCUT2D eigenvalue weighted by Gasteiger charge is -2.41. The van der Waals surface area contributed by atoms with Crippen molar-refractivity contribution in [1.82, 2.24) is 14.7 Å². The molecule has 2 heterocycles. The molecule has 5 nitrogen and oxygen atoms in total. The summed E-state index contributed by atoms with van der Waals surface area (Å²) < 4.78 is 0. The average Bonchev–Trinajstić information content (AvgIpc) is 2.86. The van der Waals surface area contributed by atoms with Crippen LogP contribution in [0, 0.1) is 0 Å². The number of carbonyl (C=O) groups is 1. The summed E-state index contributed by atoms with van der Waals surface area (Å²) in [6.45, 7) is 7.96. The number of nitrogens with zero attached hydrogens (tertiary/aromatic N) is 3. The van der Waals surface area contributed by atoms with Crippen LogP contribution in [0.3, 0.4) is 0 Å². The molecule has 2 aromatic carbocycles. The number of fused-ring (bicyclic) bond motifs is 2. The van der Waals surface area contributed by atoms with E-state index >= 15 is 0 Å². The Morgan fingerprint density at radius 3 is 2.72 bits per heavy atom. The first-order valence-corrected chi connectivity index (χ1v) is 11.7. The standard InChI is InChI=1S/C27H35N3O2/c1-4-14-29-15-13-23-8-6-9-24(19-29)30(23)18-22-12-11-21(27(32)28(2)3)17-26(22)20-7-5-10-25(31)16-20/h4-5,7,10-12,16-17,23-24,31H,1,6,8-9,13-15,18-19H2,2-3H3. The van der Waals surface area contributed by atoms with Gasteiger partial charge in [0.25, 0.3) is 5.91 Å². The highest BCUT2D eigenvalue weighted by atomic mass is 16.3. The van der Waals surface area contributed by atoms with Gasteiger partial charge in [-0.05, 0) is 60.2 Å². The first-order chi connectivity index (χ1) is 15.5. The second-order valence-corrected chi connectivity index (χ2v) is 9.37. The highest BCUT2D eigenvalue weighted by molar-refractivity contribution is 5.95. The van der Waals surface area contributed by atoms with Crippen LogP contribution in [0.25, 0.3) is 11.1 Å². The lowest BCUT2D eigenvalue weighted by atomic mass is 9.91. The van der Waals surface area contributed by atoms with Crippen molar-refractivity contribution < 1.29 is 9.90 Å². The number of amides is 1. The third kappa shape index (κ3) is 4.89. The maximum absolute atomic E-state index is 12.7. The quantitative estimate of drug-likeness (QED) is 0.687. The van der Waals surface area contributed by atoms with Crippen LogP contribution in [0.5, 0.6) is 5.75 Å². The van der Waals surface area contributed by atoms with Gasteiger partial charge in [-0.15, -0.1) is 6.58 Å². The van der Waals surface area contributed by atoms with Crippen molar-refractivity contribution in [2.45, 2.75) is 44.3 Å². The van der Waals surface area contributed by atoms with Crippen molar-refractivity contribution in [3.63, 3.8) is 0 Å². The number of phenolic OH excluding ortho intramolecular Hbond substituents is 1. The predicted octanol–water partition coefficient (Wildman–Crippen LogP) is 4.38. The largest absolute Gasteiger partial charge is 0.508 e. The van der Waals surface area contributed by atoms with E-state index in [-0.39, 0.29) is 11.7 Å². The summed E-state index contributed by atoms with van der Waals surface area (Å²) >= 11 is 0. The minimum Gasteiger partial charge on any atom is -0.508 e. The molecule has 1 N–H and O–H groups in total. The van der Waals surface area contributed by atoms with Gasteiger partial charge in [0.2, 0.25) is 0 Å². The zero-order chi connectivity index (χ0) is 22.7. The Bertz CT molecular complexity index is 971. The third-order valence-corrected chi connectivity index (χ3v) is 6.92. The SMILES string of the molecule is C=CCN1CCC2CCCC(C1)N2Cc1ccc(C(=O)N(C)C)cc1-c1cccc(O)c1. The second kappa shape index (κ2) is 9.88. The van der Waals surface area contributed by atoms with Crippen LogP contribution in [-0.4, -0.2) is 71.5 Å². The van der Waals surface area contributed by atoms with Gasteiger partial charge < -0.3 is 10.0 Å². The first-order valence-electron chi connectivity index (χ1n) is 11.7. The summed E-state index contributed by atoms with van der Waals surface area (Å²) in [5, 5.41) is 10.1. The number of hydrogen-bond donors (Lipinski definition) is 1. The molecule has 2 unspecified atom stereocenters. The van der Waals surface area contributed by atoms with E-state index in [1.807, 2.05) is 30.3 Å². The second-order valence-electron chi connectivity index (χ2n) is 9.37. The Morgan fingerprint density at radius 1 is 1.16 bits per heavy atom. The van der Waals surface area contributed by atoms with Crippen molar-refractivity contribution >= 4 is 5.91 Å². The molecular weight excluding hydrogens is 398 g/mol. The van der Waals surface area contributed by atoms with Gasteiger partial charge in [-0.25, -0.2) is 0 Å². The molecular formula is C27H35N3O2. The van der Waals surface area contributed by atoms with Gasteiger partial charge in [-0.1, -0.05) is 30.7 Å². The van der Waals surface area contributed by atoms with Crippen LogP contribution in [0.1, 0.15) is 41.6 Å². The molecule has 1 amide bonds. The lowest BCUT2D eigenvalue weighted by Crippen LogP contribution is -2.47. The van der Waals surface area contributed by atoms with Crippen molar-refractivity contribution in [3.05, 3.63) is 66.2 Å². The van der Waals surface area contributed by atoms with E-state index < -0.39 is 0 Å².